The quantitative estimate of drug-likeness (QED) is 0.639. The van der Waals surface area contributed by atoms with E-state index in [2.05, 4.69) is 22.3 Å². The fraction of sp³-hybridized carbons (Fsp3) is 0.167. The molecular formula is C24H24N2O2. The summed E-state index contributed by atoms with van der Waals surface area (Å²) in [6.45, 7) is 0.501. The van der Waals surface area contributed by atoms with Gasteiger partial charge in [-0.25, -0.2) is 0 Å². The van der Waals surface area contributed by atoms with E-state index >= 15 is 0 Å². The standard InChI is InChI=1S/C24H24N2O2/c1-26(2)22(18-9-5-3-6-10-18)17-25-24(28)21-15-13-20(14-16-21)23(27)19-11-7-4-8-12-19/h3-16,22H,17H2,1-2H3,(H,25,28)/t22-/m0/s1. The number of carbonyl (C=O) groups excluding carboxylic acids is 2. The molecule has 142 valence electrons. The number of rotatable bonds is 7. The van der Waals surface area contributed by atoms with Crippen LogP contribution in [0.3, 0.4) is 0 Å². The number of benzene rings is 3. The Morgan fingerprint density at radius 3 is 1.82 bits per heavy atom. The number of likely N-dealkylation sites (N-methyl/N-ethyl adjacent to an activating group) is 1. The molecule has 1 amide bonds. The van der Waals surface area contributed by atoms with E-state index in [9.17, 15) is 9.59 Å². The Morgan fingerprint density at radius 2 is 1.25 bits per heavy atom. The molecule has 0 spiro atoms. The van der Waals surface area contributed by atoms with Crippen molar-refractivity contribution in [1.29, 1.82) is 0 Å². The van der Waals surface area contributed by atoms with Crippen molar-refractivity contribution in [3.63, 3.8) is 0 Å². The predicted octanol–water partition coefficient (Wildman–Crippen LogP) is 3.95. The molecule has 0 heterocycles. The first kappa shape index (κ1) is 19.5. The van der Waals surface area contributed by atoms with Crippen LogP contribution in [0.2, 0.25) is 0 Å². The van der Waals surface area contributed by atoms with E-state index in [-0.39, 0.29) is 17.7 Å². The van der Waals surface area contributed by atoms with Gasteiger partial charge in [0.1, 0.15) is 0 Å². The van der Waals surface area contributed by atoms with E-state index in [1.807, 2.05) is 50.5 Å². The maximum atomic E-state index is 12.5. The SMILES string of the molecule is CN(C)[C@@H](CNC(=O)c1ccc(C(=O)c2ccccc2)cc1)c1ccccc1. The minimum absolute atomic E-state index is 0.0516. The number of hydrogen-bond acceptors (Lipinski definition) is 3. The van der Waals surface area contributed by atoms with E-state index in [0.29, 0.717) is 23.2 Å². The summed E-state index contributed by atoms with van der Waals surface area (Å²) in [5, 5.41) is 2.99. The van der Waals surface area contributed by atoms with Gasteiger partial charge < -0.3 is 10.2 Å². The number of ketones is 1. The summed E-state index contributed by atoms with van der Waals surface area (Å²) in [5.41, 5.74) is 2.89. The second-order valence-corrected chi connectivity index (χ2v) is 6.87. The Morgan fingerprint density at radius 1 is 0.750 bits per heavy atom. The topological polar surface area (TPSA) is 49.4 Å². The third-order valence-electron chi connectivity index (χ3n) is 4.71. The maximum absolute atomic E-state index is 12.5. The molecule has 0 aliphatic heterocycles. The first-order valence-electron chi connectivity index (χ1n) is 9.25. The molecule has 1 atom stereocenters. The lowest BCUT2D eigenvalue weighted by Gasteiger charge is -2.25. The van der Waals surface area contributed by atoms with Gasteiger partial charge in [-0.15, -0.1) is 0 Å². The lowest BCUT2D eigenvalue weighted by molar-refractivity contribution is 0.0940. The molecule has 0 radical (unpaired) electrons. The molecule has 3 aromatic carbocycles. The molecule has 0 aliphatic rings. The van der Waals surface area contributed by atoms with Crippen LogP contribution in [-0.4, -0.2) is 37.2 Å². The fourth-order valence-electron chi connectivity index (χ4n) is 3.09. The van der Waals surface area contributed by atoms with Gasteiger partial charge in [0, 0.05) is 23.2 Å². The number of nitrogens with one attached hydrogen (secondary N) is 1. The summed E-state index contributed by atoms with van der Waals surface area (Å²) in [5.74, 6) is -0.203. The Balaban J connectivity index is 1.65. The molecule has 3 rings (SSSR count). The summed E-state index contributed by atoms with van der Waals surface area (Å²) in [4.78, 5) is 27.1. The van der Waals surface area contributed by atoms with Crippen molar-refractivity contribution in [3.05, 3.63) is 107 Å². The van der Waals surface area contributed by atoms with Gasteiger partial charge in [-0.05, 0) is 31.8 Å². The Labute approximate surface area is 165 Å². The van der Waals surface area contributed by atoms with E-state index in [1.165, 1.54) is 0 Å². The molecule has 4 heteroatoms. The summed E-state index contributed by atoms with van der Waals surface area (Å²) in [7, 11) is 3.99. The first-order chi connectivity index (χ1) is 13.6. The molecule has 0 saturated carbocycles. The van der Waals surface area contributed by atoms with Crippen molar-refractivity contribution in [2.24, 2.45) is 0 Å². The van der Waals surface area contributed by atoms with E-state index in [1.54, 1.807) is 36.4 Å². The molecule has 0 unspecified atom stereocenters. The molecule has 1 N–H and O–H groups in total. The monoisotopic (exact) mass is 372 g/mol. The third kappa shape index (κ3) is 4.72. The van der Waals surface area contributed by atoms with Crippen LogP contribution in [-0.2, 0) is 0 Å². The smallest absolute Gasteiger partial charge is 0.251 e. The third-order valence-corrected chi connectivity index (χ3v) is 4.71. The van der Waals surface area contributed by atoms with Crippen molar-refractivity contribution in [2.75, 3.05) is 20.6 Å². The number of hydrogen-bond donors (Lipinski definition) is 1. The summed E-state index contributed by atoms with van der Waals surface area (Å²) >= 11 is 0. The van der Waals surface area contributed by atoms with Gasteiger partial charge in [-0.2, -0.15) is 0 Å². The highest BCUT2D eigenvalue weighted by atomic mass is 16.1. The van der Waals surface area contributed by atoms with Crippen LogP contribution in [0.15, 0.2) is 84.9 Å². The predicted molar refractivity (Wildman–Crippen MR) is 112 cm³/mol. The molecule has 3 aromatic rings. The van der Waals surface area contributed by atoms with Crippen molar-refractivity contribution in [1.82, 2.24) is 10.2 Å². The summed E-state index contributed by atoms with van der Waals surface area (Å²) in [6, 6.07) is 26.1. The van der Waals surface area contributed by atoms with Crippen LogP contribution < -0.4 is 5.32 Å². The zero-order chi connectivity index (χ0) is 19.9. The van der Waals surface area contributed by atoms with Crippen LogP contribution in [0.4, 0.5) is 0 Å². The van der Waals surface area contributed by atoms with Crippen molar-refractivity contribution in [3.8, 4) is 0 Å². The number of carbonyl (C=O) groups is 2. The fourth-order valence-corrected chi connectivity index (χ4v) is 3.09. The van der Waals surface area contributed by atoms with Crippen LogP contribution in [0.5, 0.6) is 0 Å². The average Bonchev–Trinajstić information content (AvgIpc) is 2.74. The van der Waals surface area contributed by atoms with Gasteiger partial charge in [0.25, 0.3) is 5.91 Å². The van der Waals surface area contributed by atoms with Gasteiger partial charge in [-0.3, -0.25) is 9.59 Å². The first-order valence-corrected chi connectivity index (χ1v) is 9.25. The van der Waals surface area contributed by atoms with Crippen LogP contribution in [0.25, 0.3) is 0 Å². The second kappa shape index (κ2) is 9.11. The zero-order valence-electron chi connectivity index (χ0n) is 16.1. The number of nitrogens with zero attached hydrogens (tertiary/aromatic N) is 1. The van der Waals surface area contributed by atoms with Gasteiger partial charge in [0.05, 0.1) is 6.04 Å². The Kier molecular flexibility index (Phi) is 6.35. The van der Waals surface area contributed by atoms with Crippen molar-refractivity contribution < 1.29 is 9.59 Å². The van der Waals surface area contributed by atoms with Gasteiger partial charge in [-0.1, -0.05) is 72.8 Å². The average molecular weight is 372 g/mol. The normalized spacial score (nSPS) is 11.8. The van der Waals surface area contributed by atoms with E-state index in [4.69, 9.17) is 0 Å². The minimum Gasteiger partial charge on any atom is -0.350 e. The molecule has 0 fully saturated rings. The largest absolute Gasteiger partial charge is 0.350 e. The van der Waals surface area contributed by atoms with Crippen LogP contribution in [0, 0.1) is 0 Å². The van der Waals surface area contributed by atoms with Crippen molar-refractivity contribution in [2.45, 2.75) is 6.04 Å². The lowest BCUT2D eigenvalue weighted by atomic mass is 10.0. The van der Waals surface area contributed by atoms with Gasteiger partial charge in [0.15, 0.2) is 5.78 Å². The second-order valence-electron chi connectivity index (χ2n) is 6.87. The van der Waals surface area contributed by atoms with Crippen LogP contribution >= 0.6 is 0 Å². The lowest BCUT2D eigenvalue weighted by Crippen LogP contribution is -2.34. The molecule has 0 aromatic heterocycles. The minimum atomic E-state index is -0.151. The summed E-state index contributed by atoms with van der Waals surface area (Å²) in [6.07, 6.45) is 0. The molecule has 0 saturated heterocycles. The Hall–Kier alpha value is -3.24. The highest BCUT2D eigenvalue weighted by Crippen LogP contribution is 2.17. The van der Waals surface area contributed by atoms with Crippen LogP contribution in [0.1, 0.15) is 37.9 Å². The summed E-state index contributed by atoms with van der Waals surface area (Å²) < 4.78 is 0. The highest BCUT2D eigenvalue weighted by molar-refractivity contribution is 6.09. The molecular weight excluding hydrogens is 348 g/mol. The molecule has 4 nitrogen and oxygen atoms in total. The van der Waals surface area contributed by atoms with Gasteiger partial charge in [0.2, 0.25) is 0 Å². The highest BCUT2D eigenvalue weighted by Gasteiger charge is 2.16. The van der Waals surface area contributed by atoms with Gasteiger partial charge >= 0.3 is 0 Å². The molecule has 28 heavy (non-hydrogen) atoms. The maximum Gasteiger partial charge on any atom is 0.251 e. The molecule has 0 aliphatic carbocycles. The van der Waals surface area contributed by atoms with E-state index < -0.39 is 0 Å². The Bertz CT molecular complexity index is 920. The zero-order valence-corrected chi connectivity index (χ0v) is 16.1. The van der Waals surface area contributed by atoms with Crippen molar-refractivity contribution >= 4 is 11.7 Å². The molecule has 0 bridgehead atoms. The number of amides is 1. The van der Waals surface area contributed by atoms with E-state index in [0.717, 1.165) is 5.56 Å².